The second kappa shape index (κ2) is 3.67. The topological polar surface area (TPSA) is 54.5 Å². The molecule has 1 aromatic rings. The molecule has 0 N–H and O–H groups in total. The number of rotatable bonds is 2. The number of hydrogen-bond donors (Lipinski definition) is 0. The van der Waals surface area contributed by atoms with E-state index in [1.807, 2.05) is 0 Å². The number of benzene rings is 1. The van der Waals surface area contributed by atoms with E-state index in [1.165, 1.54) is 24.3 Å². The van der Waals surface area contributed by atoms with Crippen molar-refractivity contribution in [2.24, 2.45) is 0 Å². The number of sulfonamides is 1. The Bertz CT molecular complexity index is 580. The third-order valence-electron chi connectivity index (χ3n) is 2.02. The van der Waals surface area contributed by atoms with Gasteiger partial charge >= 0.3 is 5.25 Å². The van der Waals surface area contributed by atoms with E-state index in [9.17, 15) is 22.0 Å². The highest BCUT2D eigenvalue weighted by atomic mass is 32.3. The maximum atomic E-state index is 12.8. The van der Waals surface area contributed by atoms with Crippen LogP contribution in [-0.4, -0.2) is 23.3 Å². The van der Waals surface area contributed by atoms with E-state index in [1.54, 1.807) is 0 Å². The summed E-state index contributed by atoms with van der Waals surface area (Å²) in [5.41, 5.74) is -0.0794. The predicted octanol–water partition coefficient (Wildman–Crippen LogP) is 2.09. The van der Waals surface area contributed by atoms with Gasteiger partial charge in [-0.05, 0) is 12.1 Å². The lowest BCUT2D eigenvalue weighted by molar-refractivity contribution is 0.0909. The number of amides is 1. The fraction of sp³-hybridized carbons (Fsp3) is 0.222. The molecule has 8 heteroatoms. The van der Waals surface area contributed by atoms with E-state index >= 15 is 0 Å². The summed E-state index contributed by atoms with van der Waals surface area (Å²) in [6.07, 6.45) is 0. The molecule has 0 radical (unpaired) electrons. The van der Waals surface area contributed by atoms with Gasteiger partial charge in [-0.2, -0.15) is 12.5 Å². The molecule has 0 aromatic heterocycles. The van der Waals surface area contributed by atoms with Crippen molar-refractivity contribution in [3.8, 4) is 0 Å². The highest BCUT2D eigenvalue weighted by Crippen LogP contribution is 2.41. The Balaban J connectivity index is 2.52. The molecule has 1 aliphatic heterocycles. The second-order valence-corrected chi connectivity index (χ2v) is 6.68. The molecular formula is C9H7F2NO3S2. The van der Waals surface area contributed by atoms with Gasteiger partial charge in [0.05, 0.1) is 5.56 Å². The lowest BCUT2D eigenvalue weighted by atomic mass is 10.2. The normalized spacial score (nSPS) is 18.3. The van der Waals surface area contributed by atoms with Gasteiger partial charge in [0.15, 0.2) is 0 Å². The number of halogens is 2. The molecule has 1 amide bonds. The van der Waals surface area contributed by atoms with Crippen molar-refractivity contribution < 1.29 is 22.0 Å². The SMILES string of the molecule is CC(F)(F)SN1C(=O)c2ccccc2S1(=O)=O. The highest BCUT2D eigenvalue weighted by molar-refractivity contribution is 8.10. The van der Waals surface area contributed by atoms with Crippen molar-refractivity contribution in [1.82, 2.24) is 3.71 Å². The number of nitrogens with zero attached hydrogens (tertiary/aromatic N) is 1. The molecule has 0 bridgehead atoms. The van der Waals surface area contributed by atoms with Crippen LogP contribution in [0.1, 0.15) is 17.3 Å². The minimum absolute atomic E-state index is 0.0794. The van der Waals surface area contributed by atoms with Crippen LogP contribution in [0.5, 0.6) is 0 Å². The maximum Gasteiger partial charge on any atom is 0.310 e. The van der Waals surface area contributed by atoms with Crippen LogP contribution in [0.15, 0.2) is 29.2 Å². The van der Waals surface area contributed by atoms with E-state index in [0.29, 0.717) is 6.92 Å². The van der Waals surface area contributed by atoms with Gasteiger partial charge in [-0.3, -0.25) is 4.79 Å². The average Bonchev–Trinajstić information content (AvgIpc) is 2.39. The first-order chi connectivity index (χ1) is 7.73. The van der Waals surface area contributed by atoms with Crippen LogP contribution in [0.4, 0.5) is 8.78 Å². The van der Waals surface area contributed by atoms with Crippen LogP contribution in [0.3, 0.4) is 0 Å². The molecule has 17 heavy (non-hydrogen) atoms. The molecule has 0 saturated carbocycles. The summed E-state index contributed by atoms with van der Waals surface area (Å²) in [7, 11) is -4.16. The van der Waals surface area contributed by atoms with Crippen LogP contribution in [-0.2, 0) is 10.0 Å². The summed E-state index contributed by atoms with van der Waals surface area (Å²) in [4.78, 5) is 11.4. The smallest absolute Gasteiger partial charge is 0.267 e. The number of hydrogen-bond acceptors (Lipinski definition) is 4. The lowest BCUT2D eigenvalue weighted by Gasteiger charge is -2.17. The zero-order chi connectivity index (χ0) is 12.8. The third kappa shape index (κ3) is 2.02. The molecule has 1 aromatic carbocycles. The first kappa shape index (κ1) is 12.3. The number of carbonyl (C=O) groups is 1. The molecular weight excluding hydrogens is 272 g/mol. The summed E-state index contributed by atoms with van der Waals surface area (Å²) in [5.74, 6) is -0.938. The first-order valence-corrected chi connectivity index (χ1v) is 6.70. The molecule has 0 aliphatic carbocycles. The van der Waals surface area contributed by atoms with Gasteiger partial charge in [-0.15, -0.1) is 0 Å². The predicted molar refractivity (Wildman–Crippen MR) is 58.0 cm³/mol. The number of carbonyl (C=O) groups excluding carboxylic acids is 1. The minimum atomic E-state index is -4.16. The van der Waals surface area contributed by atoms with E-state index in [0.717, 1.165) is 0 Å². The van der Waals surface area contributed by atoms with E-state index in [-0.39, 0.29) is 26.1 Å². The highest BCUT2D eigenvalue weighted by Gasteiger charge is 2.45. The largest absolute Gasteiger partial charge is 0.310 e. The molecule has 0 saturated heterocycles. The molecule has 1 aliphatic rings. The quantitative estimate of drug-likeness (QED) is 0.778. The molecule has 1 heterocycles. The summed E-state index contributed by atoms with van der Waals surface area (Å²) in [5, 5.41) is -3.34. The van der Waals surface area contributed by atoms with Crippen molar-refractivity contribution >= 4 is 27.9 Å². The van der Waals surface area contributed by atoms with Gasteiger partial charge in [0.1, 0.15) is 4.90 Å². The molecule has 0 atom stereocenters. The summed E-state index contributed by atoms with van der Waals surface area (Å²) in [6, 6.07) is 5.42. The van der Waals surface area contributed by atoms with E-state index < -0.39 is 21.2 Å². The first-order valence-electron chi connectivity index (χ1n) is 4.49. The van der Waals surface area contributed by atoms with Crippen LogP contribution in [0.2, 0.25) is 0 Å². The fourth-order valence-corrected chi connectivity index (χ4v) is 4.08. The van der Waals surface area contributed by atoms with Gasteiger partial charge in [0, 0.05) is 18.9 Å². The zero-order valence-corrected chi connectivity index (χ0v) is 10.2. The van der Waals surface area contributed by atoms with Crippen LogP contribution >= 0.6 is 11.9 Å². The fourth-order valence-electron chi connectivity index (χ4n) is 1.40. The van der Waals surface area contributed by atoms with Gasteiger partial charge in [-0.1, -0.05) is 12.1 Å². The standard InChI is InChI=1S/C9H7F2NO3S2/c1-9(10,11)16-12-8(13)6-4-2-3-5-7(6)17(12,14)15/h2-5H,1H3. The molecule has 0 unspecified atom stereocenters. The summed E-state index contributed by atoms with van der Waals surface area (Å²) >= 11 is -0.302. The lowest BCUT2D eigenvalue weighted by Crippen LogP contribution is -2.27. The maximum absolute atomic E-state index is 12.8. The molecule has 2 rings (SSSR count). The number of fused-ring (bicyclic) bond motifs is 1. The second-order valence-electron chi connectivity index (χ2n) is 3.43. The monoisotopic (exact) mass is 279 g/mol. The van der Waals surface area contributed by atoms with Gasteiger partial charge in [0.2, 0.25) is 0 Å². The Morgan fingerprint density at radius 3 is 2.41 bits per heavy atom. The van der Waals surface area contributed by atoms with E-state index in [4.69, 9.17) is 0 Å². The van der Waals surface area contributed by atoms with Crippen molar-refractivity contribution in [2.75, 3.05) is 0 Å². The van der Waals surface area contributed by atoms with Crippen LogP contribution < -0.4 is 0 Å². The number of alkyl halides is 2. The average molecular weight is 279 g/mol. The Morgan fingerprint density at radius 1 is 1.29 bits per heavy atom. The Kier molecular flexibility index (Phi) is 2.66. The van der Waals surface area contributed by atoms with Gasteiger partial charge in [0.25, 0.3) is 15.9 Å². The van der Waals surface area contributed by atoms with Crippen LogP contribution in [0, 0.1) is 0 Å². The third-order valence-corrected chi connectivity index (χ3v) is 5.00. The summed E-state index contributed by atoms with van der Waals surface area (Å²) < 4.78 is 49.4. The molecule has 0 spiro atoms. The minimum Gasteiger partial charge on any atom is -0.267 e. The van der Waals surface area contributed by atoms with Crippen LogP contribution in [0.25, 0.3) is 0 Å². The summed E-state index contributed by atoms with van der Waals surface area (Å²) in [6.45, 7) is 0.531. The Labute approximate surface area is 101 Å². The van der Waals surface area contributed by atoms with Gasteiger partial charge in [-0.25, -0.2) is 8.42 Å². The van der Waals surface area contributed by atoms with Crippen molar-refractivity contribution in [3.63, 3.8) is 0 Å². The Hall–Kier alpha value is -1.15. The van der Waals surface area contributed by atoms with E-state index in [2.05, 4.69) is 0 Å². The van der Waals surface area contributed by atoms with Crippen molar-refractivity contribution in [1.29, 1.82) is 0 Å². The molecule has 0 fully saturated rings. The Morgan fingerprint density at radius 2 is 1.88 bits per heavy atom. The van der Waals surface area contributed by atoms with Crippen molar-refractivity contribution in [3.05, 3.63) is 29.8 Å². The molecule has 4 nitrogen and oxygen atoms in total. The molecule has 92 valence electrons. The van der Waals surface area contributed by atoms with Gasteiger partial charge < -0.3 is 0 Å². The van der Waals surface area contributed by atoms with Crippen molar-refractivity contribution in [2.45, 2.75) is 17.1 Å². The zero-order valence-electron chi connectivity index (χ0n) is 8.55.